The molecule has 2 aromatic rings. The van der Waals surface area contributed by atoms with Gasteiger partial charge in [-0.05, 0) is 43.3 Å². The van der Waals surface area contributed by atoms with Gasteiger partial charge in [0.15, 0.2) is 17.3 Å². The number of hydrogen-bond donors (Lipinski definition) is 2. The van der Waals surface area contributed by atoms with Gasteiger partial charge in [-0.2, -0.15) is 0 Å². The average molecular weight is 368 g/mol. The van der Waals surface area contributed by atoms with Crippen molar-refractivity contribution in [3.8, 4) is 11.5 Å². The Morgan fingerprint density at radius 3 is 2.48 bits per heavy atom. The zero-order valence-corrected chi connectivity index (χ0v) is 15.0. The summed E-state index contributed by atoms with van der Waals surface area (Å²) in [6.45, 7) is 0.350. The van der Waals surface area contributed by atoms with Crippen molar-refractivity contribution >= 4 is 15.9 Å². The Morgan fingerprint density at radius 1 is 1.12 bits per heavy atom. The summed E-state index contributed by atoms with van der Waals surface area (Å²) in [5, 5.41) is 2.37. The van der Waals surface area contributed by atoms with Crippen LogP contribution in [0.3, 0.4) is 0 Å². The van der Waals surface area contributed by atoms with Crippen molar-refractivity contribution < 1.29 is 27.1 Å². The van der Waals surface area contributed by atoms with E-state index < -0.39 is 15.9 Å². The van der Waals surface area contributed by atoms with Gasteiger partial charge in [0.05, 0.1) is 14.2 Å². The average Bonchev–Trinajstić information content (AvgIpc) is 3.12. The molecule has 0 spiro atoms. The van der Waals surface area contributed by atoms with Gasteiger partial charge >= 0.3 is 0 Å². The maximum absolute atomic E-state index is 12.0. The summed E-state index contributed by atoms with van der Waals surface area (Å²) >= 11 is 0. The maximum Gasteiger partial charge on any atom is 0.287 e. The van der Waals surface area contributed by atoms with E-state index >= 15 is 0 Å². The minimum absolute atomic E-state index is 0.0684. The van der Waals surface area contributed by atoms with E-state index in [1.54, 1.807) is 20.3 Å². The van der Waals surface area contributed by atoms with Crippen molar-refractivity contribution in [3.05, 3.63) is 41.7 Å². The van der Waals surface area contributed by atoms with Crippen molar-refractivity contribution in [3.63, 3.8) is 0 Å². The number of sulfonamides is 1. The first-order chi connectivity index (χ1) is 11.9. The number of methoxy groups -OCH3 is 2. The molecule has 0 fully saturated rings. The predicted octanol–water partition coefficient (Wildman–Crippen LogP) is 1.18. The number of ether oxygens (including phenoxy) is 2. The van der Waals surface area contributed by atoms with Gasteiger partial charge in [0.25, 0.3) is 15.9 Å². The third-order valence-electron chi connectivity index (χ3n) is 3.49. The number of hydrogen-bond acceptors (Lipinski definition) is 6. The quantitative estimate of drug-likeness (QED) is 0.725. The van der Waals surface area contributed by atoms with Gasteiger partial charge in [-0.3, -0.25) is 4.79 Å². The number of carbonyl (C=O) groups excluding carboxylic acids is 1. The van der Waals surface area contributed by atoms with E-state index in [0.717, 1.165) is 5.56 Å². The van der Waals surface area contributed by atoms with Gasteiger partial charge in [-0.15, -0.1) is 0 Å². The zero-order chi connectivity index (χ0) is 18.4. The fourth-order valence-corrected chi connectivity index (χ4v) is 2.78. The van der Waals surface area contributed by atoms with Gasteiger partial charge in [0.1, 0.15) is 0 Å². The Morgan fingerprint density at radius 2 is 1.84 bits per heavy atom. The largest absolute Gasteiger partial charge is 0.493 e. The first kappa shape index (κ1) is 18.8. The molecule has 0 saturated heterocycles. The smallest absolute Gasteiger partial charge is 0.287 e. The van der Waals surface area contributed by atoms with E-state index in [1.165, 1.54) is 19.2 Å². The fourth-order valence-electron chi connectivity index (χ4n) is 2.13. The number of nitrogens with one attached hydrogen (secondary N) is 2. The molecule has 136 valence electrons. The molecule has 0 saturated carbocycles. The van der Waals surface area contributed by atoms with Gasteiger partial charge < -0.3 is 19.2 Å². The Labute approximate surface area is 146 Å². The molecule has 0 unspecified atom stereocenters. The lowest BCUT2D eigenvalue weighted by molar-refractivity contribution is 0.0921. The van der Waals surface area contributed by atoms with Crippen LogP contribution in [0.25, 0.3) is 0 Å². The minimum Gasteiger partial charge on any atom is -0.493 e. The molecule has 1 heterocycles. The lowest BCUT2D eigenvalue weighted by Gasteiger charge is -2.09. The van der Waals surface area contributed by atoms with Crippen LogP contribution in [0.15, 0.2) is 39.8 Å². The van der Waals surface area contributed by atoms with E-state index in [0.29, 0.717) is 24.5 Å². The molecule has 0 radical (unpaired) electrons. The highest BCUT2D eigenvalue weighted by Gasteiger charge is 2.19. The van der Waals surface area contributed by atoms with Crippen LogP contribution in [0, 0.1) is 0 Å². The molecule has 0 aliphatic rings. The summed E-state index contributed by atoms with van der Waals surface area (Å²) in [5.41, 5.74) is 0.954. The van der Waals surface area contributed by atoms with E-state index in [-0.39, 0.29) is 10.9 Å². The number of benzene rings is 1. The monoisotopic (exact) mass is 368 g/mol. The number of rotatable bonds is 8. The van der Waals surface area contributed by atoms with Crippen LogP contribution in [-0.4, -0.2) is 42.1 Å². The fraction of sp³-hybridized carbons (Fsp3) is 0.312. The van der Waals surface area contributed by atoms with Gasteiger partial charge in [-0.1, -0.05) is 6.07 Å². The molecule has 2 rings (SSSR count). The Hall–Kier alpha value is -2.52. The van der Waals surface area contributed by atoms with Crippen LogP contribution in [0.1, 0.15) is 16.1 Å². The van der Waals surface area contributed by atoms with Crippen LogP contribution < -0.4 is 19.5 Å². The molecular formula is C16H20N2O6S. The molecule has 0 aliphatic heterocycles. The lowest BCUT2D eigenvalue weighted by atomic mass is 10.1. The van der Waals surface area contributed by atoms with Crippen LogP contribution in [0.4, 0.5) is 0 Å². The highest BCUT2D eigenvalue weighted by molar-refractivity contribution is 7.89. The Bertz CT molecular complexity index is 844. The lowest BCUT2D eigenvalue weighted by Crippen LogP contribution is -2.25. The molecule has 9 heteroatoms. The van der Waals surface area contributed by atoms with E-state index in [1.807, 2.05) is 12.1 Å². The van der Waals surface area contributed by atoms with Crippen molar-refractivity contribution in [2.75, 3.05) is 27.8 Å². The van der Waals surface area contributed by atoms with Crippen LogP contribution >= 0.6 is 0 Å². The summed E-state index contributed by atoms with van der Waals surface area (Å²) in [4.78, 5) is 12.0. The number of amides is 1. The minimum atomic E-state index is -3.71. The Balaban J connectivity index is 1.95. The zero-order valence-electron chi connectivity index (χ0n) is 14.2. The first-order valence-electron chi connectivity index (χ1n) is 7.43. The molecule has 0 atom stereocenters. The summed E-state index contributed by atoms with van der Waals surface area (Å²) in [6, 6.07) is 8.04. The number of furan rings is 1. The maximum atomic E-state index is 12.0. The molecular weight excluding hydrogens is 348 g/mol. The molecule has 25 heavy (non-hydrogen) atoms. The van der Waals surface area contributed by atoms with E-state index in [9.17, 15) is 13.2 Å². The highest BCUT2D eigenvalue weighted by atomic mass is 32.2. The van der Waals surface area contributed by atoms with Gasteiger partial charge in [-0.25, -0.2) is 13.1 Å². The molecule has 2 N–H and O–H groups in total. The van der Waals surface area contributed by atoms with Crippen molar-refractivity contribution in [1.82, 2.24) is 10.0 Å². The first-order valence-corrected chi connectivity index (χ1v) is 8.92. The van der Waals surface area contributed by atoms with Crippen LogP contribution in [0.2, 0.25) is 0 Å². The second-order valence-corrected chi connectivity index (χ2v) is 6.84. The third kappa shape index (κ3) is 4.52. The summed E-state index contributed by atoms with van der Waals surface area (Å²) in [6.07, 6.45) is 0.564. The molecule has 0 aliphatic carbocycles. The molecule has 1 aromatic carbocycles. The van der Waals surface area contributed by atoms with E-state index in [2.05, 4.69) is 10.0 Å². The molecule has 0 bridgehead atoms. The third-order valence-corrected chi connectivity index (χ3v) is 4.77. The second-order valence-electron chi connectivity index (χ2n) is 5.02. The summed E-state index contributed by atoms with van der Waals surface area (Å²) < 4.78 is 40.8. The topological polar surface area (TPSA) is 107 Å². The molecule has 8 nitrogen and oxygen atoms in total. The SMILES string of the molecule is CNS(=O)(=O)c1ccc(C(=O)NCCc2ccc(OC)c(OC)c2)o1. The van der Waals surface area contributed by atoms with Crippen LogP contribution in [0.5, 0.6) is 11.5 Å². The van der Waals surface area contributed by atoms with E-state index in [4.69, 9.17) is 13.9 Å². The highest BCUT2D eigenvalue weighted by Crippen LogP contribution is 2.27. The molecule has 1 amide bonds. The predicted molar refractivity (Wildman–Crippen MR) is 90.5 cm³/mol. The van der Waals surface area contributed by atoms with Crippen molar-refractivity contribution in [2.24, 2.45) is 0 Å². The normalized spacial score (nSPS) is 11.2. The summed E-state index contributed by atoms with van der Waals surface area (Å²) in [7, 11) is 0.665. The van der Waals surface area contributed by atoms with Crippen molar-refractivity contribution in [1.29, 1.82) is 0 Å². The molecule has 1 aromatic heterocycles. The standard InChI is InChI=1S/C16H20N2O6S/c1-17-25(20,21)15-7-6-13(24-15)16(19)18-9-8-11-4-5-12(22-2)14(10-11)23-3/h4-7,10,17H,8-9H2,1-3H3,(H,18,19). The van der Waals surface area contributed by atoms with Gasteiger partial charge in [0.2, 0.25) is 5.09 Å². The number of carbonyl (C=O) groups is 1. The van der Waals surface area contributed by atoms with Crippen molar-refractivity contribution in [2.45, 2.75) is 11.5 Å². The van der Waals surface area contributed by atoms with Crippen LogP contribution in [-0.2, 0) is 16.4 Å². The van der Waals surface area contributed by atoms with Gasteiger partial charge in [0, 0.05) is 6.54 Å². The Kier molecular flexibility index (Phi) is 6.05. The second kappa shape index (κ2) is 8.04. The summed E-state index contributed by atoms with van der Waals surface area (Å²) in [5.74, 6) is 0.683.